The molecule has 1 fully saturated rings. The highest BCUT2D eigenvalue weighted by atomic mass is 16.5. The molecule has 0 spiro atoms. The fourth-order valence-corrected chi connectivity index (χ4v) is 3.81. The van der Waals surface area contributed by atoms with E-state index < -0.39 is 5.69 Å². The monoisotopic (exact) mass is 443 g/mol. The summed E-state index contributed by atoms with van der Waals surface area (Å²) in [6.45, 7) is 2.34. The van der Waals surface area contributed by atoms with Crippen LogP contribution in [-0.2, 0) is 4.74 Å². The molecule has 4 aromatic rings. The molecule has 33 heavy (non-hydrogen) atoms. The van der Waals surface area contributed by atoms with Crippen LogP contribution in [0.15, 0.2) is 71.7 Å². The van der Waals surface area contributed by atoms with Crippen molar-refractivity contribution in [3.8, 4) is 11.1 Å². The molecule has 166 valence electrons. The number of amides is 1. The van der Waals surface area contributed by atoms with Crippen molar-refractivity contribution in [2.45, 2.75) is 0 Å². The first-order chi connectivity index (χ1) is 16.1. The molecular weight excluding hydrogens is 422 g/mol. The molecule has 1 aliphatic heterocycles. The van der Waals surface area contributed by atoms with E-state index in [-0.39, 0.29) is 11.6 Å². The van der Waals surface area contributed by atoms with Gasteiger partial charge in [-0.3, -0.25) is 4.79 Å². The number of nitrogens with one attached hydrogen (secondary N) is 1. The Morgan fingerprint density at radius 1 is 1.00 bits per heavy atom. The van der Waals surface area contributed by atoms with E-state index in [9.17, 15) is 14.8 Å². The highest BCUT2D eigenvalue weighted by molar-refractivity contribution is 5.95. The van der Waals surface area contributed by atoms with E-state index in [1.807, 2.05) is 48.5 Å². The van der Waals surface area contributed by atoms with Crippen molar-refractivity contribution in [3.63, 3.8) is 0 Å². The zero-order valence-electron chi connectivity index (χ0n) is 17.6. The summed E-state index contributed by atoms with van der Waals surface area (Å²) in [5, 5.41) is 13.6. The molecular formula is C24H21N5O4. The number of carbonyl (C=O) groups excluding carboxylic acids is 1. The average molecular weight is 443 g/mol. The maximum absolute atomic E-state index is 12.7. The lowest BCUT2D eigenvalue weighted by Crippen LogP contribution is -2.40. The first kappa shape index (κ1) is 20.7. The number of rotatable bonds is 4. The second-order valence-corrected chi connectivity index (χ2v) is 7.62. The van der Waals surface area contributed by atoms with Gasteiger partial charge in [0.2, 0.25) is 0 Å². The van der Waals surface area contributed by atoms with Crippen LogP contribution < -0.4 is 11.0 Å². The predicted molar refractivity (Wildman–Crippen MR) is 123 cm³/mol. The van der Waals surface area contributed by atoms with Gasteiger partial charge in [-0.2, -0.15) is 4.98 Å². The number of fused-ring (bicyclic) bond motifs is 1. The molecule has 9 heteroatoms. The highest BCUT2D eigenvalue weighted by Crippen LogP contribution is 2.27. The highest BCUT2D eigenvalue weighted by Gasteiger charge is 2.18. The molecule has 2 aromatic heterocycles. The molecule has 3 heterocycles. The predicted octanol–water partition coefficient (Wildman–Crippen LogP) is 2.91. The van der Waals surface area contributed by atoms with Crippen LogP contribution >= 0.6 is 0 Å². The normalized spacial score (nSPS) is 13.8. The molecule has 1 saturated heterocycles. The summed E-state index contributed by atoms with van der Waals surface area (Å²) < 4.78 is 5.74. The number of carbonyl (C=O) groups is 1. The summed E-state index contributed by atoms with van der Waals surface area (Å²) in [6.07, 6.45) is 1.49. The topological polar surface area (TPSA) is 110 Å². The number of pyridine rings is 1. The average Bonchev–Trinajstić information content (AvgIpc) is 2.87. The zero-order valence-corrected chi connectivity index (χ0v) is 17.6. The van der Waals surface area contributed by atoms with Gasteiger partial charge in [-0.1, -0.05) is 24.3 Å². The van der Waals surface area contributed by atoms with Crippen LogP contribution in [0.2, 0.25) is 0 Å². The first-order valence-electron chi connectivity index (χ1n) is 10.5. The summed E-state index contributed by atoms with van der Waals surface area (Å²) in [5.41, 5.74) is 2.54. The Labute approximate surface area is 188 Å². The molecule has 0 bridgehead atoms. The number of morpholine rings is 1. The Balaban J connectivity index is 1.40. The quantitative estimate of drug-likeness (QED) is 0.467. The summed E-state index contributed by atoms with van der Waals surface area (Å²) in [5.74, 6) is 0.308. The Morgan fingerprint density at radius 2 is 1.79 bits per heavy atom. The van der Waals surface area contributed by atoms with Crippen LogP contribution in [-0.4, -0.2) is 57.0 Å². The number of benzene rings is 2. The van der Waals surface area contributed by atoms with Crippen LogP contribution in [0.5, 0.6) is 0 Å². The van der Waals surface area contributed by atoms with Crippen LogP contribution in [0.3, 0.4) is 0 Å². The molecule has 0 radical (unpaired) electrons. The minimum absolute atomic E-state index is 0.00504. The second kappa shape index (κ2) is 8.71. The van der Waals surface area contributed by atoms with Crippen LogP contribution in [0.25, 0.3) is 22.2 Å². The summed E-state index contributed by atoms with van der Waals surface area (Å²) in [6, 6.07) is 18.5. The fraction of sp³-hybridized carbons (Fsp3) is 0.167. The van der Waals surface area contributed by atoms with E-state index in [1.54, 1.807) is 17.0 Å². The van der Waals surface area contributed by atoms with Crippen LogP contribution in [0.1, 0.15) is 10.4 Å². The third kappa shape index (κ3) is 4.13. The molecule has 0 unspecified atom stereocenters. The summed E-state index contributed by atoms with van der Waals surface area (Å²) >= 11 is 0. The van der Waals surface area contributed by atoms with E-state index in [1.165, 1.54) is 6.20 Å². The Kier molecular flexibility index (Phi) is 5.45. The second-order valence-electron chi connectivity index (χ2n) is 7.62. The zero-order chi connectivity index (χ0) is 22.8. The summed E-state index contributed by atoms with van der Waals surface area (Å²) in [7, 11) is 0. The molecule has 0 aliphatic carbocycles. The molecule has 2 N–H and O–H groups in total. The van der Waals surface area contributed by atoms with Crippen molar-refractivity contribution in [1.29, 1.82) is 0 Å². The van der Waals surface area contributed by atoms with E-state index in [0.29, 0.717) is 53.5 Å². The Hall–Kier alpha value is -4.24. The van der Waals surface area contributed by atoms with E-state index in [4.69, 9.17) is 4.74 Å². The molecule has 0 saturated carbocycles. The van der Waals surface area contributed by atoms with Crippen molar-refractivity contribution in [2.75, 3.05) is 31.6 Å². The van der Waals surface area contributed by atoms with Gasteiger partial charge in [0.15, 0.2) is 5.65 Å². The first-order valence-corrected chi connectivity index (χ1v) is 10.5. The molecule has 1 aliphatic rings. The minimum Gasteiger partial charge on any atom is -0.422 e. The Morgan fingerprint density at radius 3 is 2.58 bits per heavy atom. The third-order valence-electron chi connectivity index (χ3n) is 5.52. The molecule has 5 rings (SSSR count). The SMILES string of the molecule is O=C(c1ccc(-c2cccc(Nc3nc(=O)n(O)c4ncccc34)c2)cc1)N1CCOCC1. The lowest BCUT2D eigenvalue weighted by atomic mass is 10.0. The standard InChI is InChI=1S/C24H21N5O4/c30-23(28-11-13-33-14-12-28)17-8-6-16(7-9-17)18-3-1-4-19(15-18)26-21-20-5-2-10-25-22(20)29(32)24(31)27-21/h1-10,15,32H,11-14H2,(H,26,27,31). The van der Waals surface area contributed by atoms with Gasteiger partial charge in [0.1, 0.15) is 5.82 Å². The van der Waals surface area contributed by atoms with Crippen molar-refractivity contribution in [1.82, 2.24) is 19.6 Å². The van der Waals surface area contributed by atoms with E-state index in [2.05, 4.69) is 15.3 Å². The number of hydrogen-bond acceptors (Lipinski definition) is 7. The van der Waals surface area contributed by atoms with Gasteiger partial charge < -0.3 is 20.2 Å². The van der Waals surface area contributed by atoms with E-state index >= 15 is 0 Å². The van der Waals surface area contributed by atoms with Crippen molar-refractivity contribution in [3.05, 3.63) is 82.9 Å². The molecule has 0 atom stereocenters. The third-order valence-corrected chi connectivity index (χ3v) is 5.52. The van der Waals surface area contributed by atoms with Crippen LogP contribution in [0.4, 0.5) is 11.5 Å². The number of ether oxygens (including phenoxy) is 1. The lowest BCUT2D eigenvalue weighted by Gasteiger charge is -2.26. The van der Waals surface area contributed by atoms with Crippen molar-refractivity contribution >= 4 is 28.4 Å². The van der Waals surface area contributed by atoms with Crippen molar-refractivity contribution < 1.29 is 14.7 Å². The van der Waals surface area contributed by atoms with Gasteiger partial charge in [-0.25, -0.2) is 9.78 Å². The number of hydrogen-bond donors (Lipinski definition) is 2. The van der Waals surface area contributed by atoms with Gasteiger partial charge in [0, 0.05) is 30.5 Å². The van der Waals surface area contributed by atoms with Gasteiger partial charge in [-0.05, 0) is 47.5 Å². The number of aromatic nitrogens is 3. The maximum atomic E-state index is 12.7. The number of nitrogens with zero attached hydrogens (tertiary/aromatic N) is 4. The van der Waals surface area contributed by atoms with Crippen molar-refractivity contribution in [2.24, 2.45) is 0 Å². The van der Waals surface area contributed by atoms with Gasteiger partial charge in [0.25, 0.3) is 5.91 Å². The lowest BCUT2D eigenvalue weighted by molar-refractivity contribution is 0.0303. The van der Waals surface area contributed by atoms with Gasteiger partial charge >= 0.3 is 5.69 Å². The molecule has 1 amide bonds. The smallest absolute Gasteiger partial charge is 0.384 e. The summed E-state index contributed by atoms with van der Waals surface area (Å²) in [4.78, 5) is 34.5. The minimum atomic E-state index is -0.819. The van der Waals surface area contributed by atoms with Gasteiger partial charge in [-0.15, -0.1) is 4.73 Å². The van der Waals surface area contributed by atoms with E-state index in [0.717, 1.165) is 11.1 Å². The van der Waals surface area contributed by atoms with Gasteiger partial charge in [0.05, 0.1) is 18.6 Å². The maximum Gasteiger partial charge on any atom is 0.384 e. The molecule has 9 nitrogen and oxygen atoms in total. The number of anilines is 2. The Bertz CT molecular complexity index is 1380. The fourth-order valence-electron chi connectivity index (χ4n) is 3.81. The van der Waals surface area contributed by atoms with Crippen LogP contribution in [0, 0.1) is 0 Å². The molecule has 2 aromatic carbocycles. The largest absolute Gasteiger partial charge is 0.422 e.